The van der Waals surface area contributed by atoms with Crippen LogP contribution in [0.25, 0.3) is 0 Å². The van der Waals surface area contributed by atoms with Gasteiger partial charge in [0.15, 0.2) is 5.78 Å². The van der Waals surface area contributed by atoms with Gasteiger partial charge in [-0.25, -0.2) is 0 Å². The van der Waals surface area contributed by atoms with E-state index in [1.807, 2.05) is 27.7 Å². The second-order valence-corrected chi connectivity index (χ2v) is 11.5. The minimum Gasteiger partial charge on any atom is -0.298 e. The van der Waals surface area contributed by atoms with E-state index in [4.69, 9.17) is 5.26 Å². The van der Waals surface area contributed by atoms with Crippen molar-refractivity contribution in [3.05, 3.63) is 18.0 Å². The summed E-state index contributed by atoms with van der Waals surface area (Å²) >= 11 is 0. The number of fused-ring (bicyclic) bond motifs is 5. The molecule has 4 saturated carbocycles. The minimum atomic E-state index is 0.279. The van der Waals surface area contributed by atoms with E-state index in [1.165, 1.54) is 57.8 Å². The smallest absolute Gasteiger partial charge is 0.154 e. The number of Topliss-reactive ketones (excluding diaryl/α,β-unsaturated/α-hetero) is 1. The minimum absolute atomic E-state index is 0.279. The molecule has 0 aliphatic heterocycles. The van der Waals surface area contributed by atoms with Crippen LogP contribution >= 0.6 is 0 Å². The molecule has 4 heteroatoms. The maximum Gasteiger partial charge on any atom is 0.154 e. The highest BCUT2D eigenvalue weighted by molar-refractivity contribution is 5.78. The number of nitriles is 1. The first-order valence-electron chi connectivity index (χ1n) is 14.4. The molecule has 0 N–H and O–H groups in total. The number of nitrogens with zero attached hydrogens (tertiary/aromatic N) is 3. The summed E-state index contributed by atoms with van der Waals surface area (Å²) in [5.74, 6) is 6.49. The van der Waals surface area contributed by atoms with Crippen LogP contribution in [0.1, 0.15) is 111 Å². The molecule has 1 aromatic rings. The molecule has 0 spiro atoms. The van der Waals surface area contributed by atoms with Crippen molar-refractivity contribution in [1.82, 2.24) is 9.78 Å². The van der Waals surface area contributed by atoms with Crippen LogP contribution in [0.15, 0.2) is 12.4 Å². The lowest BCUT2D eigenvalue weighted by atomic mass is 9.49. The van der Waals surface area contributed by atoms with Crippen LogP contribution in [0, 0.1) is 58.2 Å². The molecule has 0 radical (unpaired) electrons. The van der Waals surface area contributed by atoms with Crippen molar-refractivity contribution in [2.45, 2.75) is 112 Å². The van der Waals surface area contributed by atoms with Crippen LogP contribution in [-0.2, 0) is 11.3 Å². The van der Waals surface area contributed by atoms with E-state index in [0.717, 1.165) is 35.5 Å². The molecule has 4 aliphatic rings. The topological polar surface area (TPSA) is 58.7 Å². The van der Waals surface area contributed by atoms with E-state index >= 15 is 0 Å². The fourth-order valence-electron chi connectivity index (χ4n) is 8.56. The molecule has 8 atom stereocenters. The van der Waals surface area contributed by atoms with Gasteiger partial charge in [-0.1, -0.05) is 48.0 Å². The second kappa shape index (κ2) is 11.9. The van der Waals surface area contributed by atoms with Crippen molar-refractivity contribution < 1.29 is 4.79 Å². The summed E-state index contributed by atoms with van der Waals surface area (Å²) in [6.45, 7) is 13.3. The van der Waals surface area contributed by atoms with Gasteiger partial charge in [-0.2, -0.15) is 10.4 Å². The maximum absolute atomic E-state index is 12.8. The lowest BCUT2D eigenvalue weighted by Crippen LogP contribution is -2.48. The van der Waals surface area contributed by atoms with Crippen LogP contribution < -0.4 is 0 Å². The molecular formula is C30H49N3O. The normalized spacial score (nSPS) is 38.0. The molecule has 1 heterocycles. The predicted molar refractivity (Wildman–Crippen MR) is 139 cm³/mol. The quantitative estimate of drug-likeness (QED) is 0.456. The molecule has 0 amide bonds. The number of hydrogen-bond donors (Lipinski definition) is 0. The van der Waals surface area contributed by atoms with Crippen molar-refractivity contribution in [3.8, 4) is 6.07 Å². The Kier molecular flexibility index (Phi) is 9.41. The third kappa shape index (κ3) is 5.29. The molecule has 4 aliphatic carbocycles. The highest BCUT2D eigenvalue weighted by Gasteiger charge is 2.56. The zero-order chi connectivity index (χ0) is 24.9. The molecule has 190 valence electrons. The fraction of sp³-hybridized carbons (Fsp3) is 0.833. The molecule has 4 fully saturated rings. The number of rotatable bonds is 4. The SMILES string of the molecule is CC.CC.C[C@H]1CC[C@@H]2C3CC[C@]4(C)C(CC(=O)Cn5cc(C#N)cn5)CCC4[C@@H]3CC[C@@H]2C1. The van der Waals surface area contributed by atoms with Gasteiger partial charge in [0.05, 0.1) is 18.3 Å². The molecule has 0 aromatic carbocycles. The Labute approximate surface area is 208 Å². The lowest BCUT2D eigenvalue weighted by Gasteiger charge is -2.56. The number of ketones is 1. The molecule has 5 rings (SSSR count). The Hall–Kier alpha value is -1.63. The van der Waals surface area contributed by atoms with E-state index in [9.17, 15) is 4.79 Å². The molecule has 0 bridgehead atoms. The lowest BCUT2D eigenvalue weighted by molar-refractivity contribution is -0.123. The van der Waals surface area contributed by atoms with E-state index in [1.54, 1.807) is 17.1 Å². The van der Waals surface area contributed by atoms with E-state index in [2.05, 4.69) is 25.0 Å². The Balaban J connectivity index is 0.000000771. The fourth-order valence-corrected chi connectivity index (χ4v) is 8.56. The van der Waals surface area contributed by atoms with E-state index in [-0.39, 0.29) is 5.78 Å². The number of aromatic nitrogens is 2. The largest absolute Gasteiger partial charge is 0.298 e. The highest BCUT2D eigenvalue weighted by Crippen LogP contribution is 2.64. The van der Waals surface area contributed by atoms with Gasteiger partial charge in [0.25, 0.3) is 0 Å². The van der Waals surface area contributed by atoms with Crippen LogP contribution in [0.5, 0.6) is 0 Å². The Morgan fingerprint density at radius 3 is 2.50 bits per heavy atom. The summed E-state index contributed by atoms with van der Waals surface area (Å²) in [5.41, 5.74) is 0.884. The standard InChI is InChI=1S/C26H37N3O.2C2H6/c1-17-3-6-22-19(11-17)4-7-24-23(22)9-10-26(2)20(5-8-25(24)26)12-21(30)16-29-15-18(13-27)14-28-29;2*1-2/h14-15,17,19-20,22-25H,3-12,16H2,1-2H3;2*1-2H3/t17-,19+,20?,22-,23?,24+,25?,26+;;/m0../s1. The first-order chi connectivity index (χ1) is 16.5. The van der Waals surface area contributed by atoms with Gasteiger partial charge in [0.1, 0.15) is 6.07 Å². The number of hydrogen-bond acceptors (Lipinski definition) is 3. The van der Waals surface area contributed by atoms with Gasteiger partial charge < -0.3 is 0 Å². The predicted octanol–water partition coefficient (Wildman–Crippen LogP) is 7.67. The summed E-state index contributed by atoms with van der Waals surface area (Å²) < 4.78 is 1.64. The van der Waals surface area contributed by atoms with Crippen LogP contribution in [0.3, 0.4) is 0 Å². The van der Waals surface area contributed by atoms with Crippen LogP contribution in [-0.4, -0.2) is 15.6 Å². The van der Waals surface area contributed by atoms with Crippen molar-refractivity contribution in [1.29, 1.82) is 5.26 Å². The first-order valence-corrected chi connectivity index (χ1v) is 14.4. The van der Waals surface area contributed by atoms with Gasteiger partial charge in [0.2, 0.25) is 0 Å². The van der Waals surface area contributed by atoms with Crippen molar-refractivity contribution >= 4 is 5.78 Å². The second-order valence-electron chi connectivity index (χ2n) is 11.5. The third-order valence-electron chi connectivity index (χ3n) is 9.99. The van der Waals surface area contributed by atoms with Crippen molar-refractivity contribution in [3.63, 3.8) is 0 Å². The van der Waals surface area contributed by atoms with Gasteiger partial charge in [-0.3, -0.25) is 9.48 Å². The summed E-state index contributed by atoms with van der Waals surface area (Å²) in [6, 6.07) is 2.09. The molecule has 1 aromatic heterocycles. The summed E-state index contributed by atoms with van der Waals surface area (Å²) in [5, 5.41) is 13.1. The zero-order valence-corrected chi connectivity index (χ0v) is 22.7. The molecule has 3 unspecified atom stereocenters. The molecule has 4 nitrogen and oxygen atoms in total. The highest BCUT2D eigenvalue weighted by atomic mass is 16.1. The zero-order valence-electron chi connectivity index (χ0n) is 22.7. The number of carbonyl (C=O) groups is 1. The van der Waals surface area contributed by atoms with Crippen LogP contribution in [0.4, 0.5) is 0 Å². The van der Waals surface area contributed by atoms with Crippen LogP contribution in [0.2, 0.25) is 0 Å². The average molecular weight is 468 g/mol. The van der Waals surface area contributed by atoms with Crippen molar-refractivity contribution in [2.24, 2.45) is 46.8 Å². The third-order valence-corrected chi connectivity index (χ3v) is 9.99. The Morgan fingerprint density at radius 2 is 1.79 bits per heavy atom. The van der Waals surface area contributed by atoms with Gasteiger partial charge in [0, 0.05) is 12.6 Å². The molecule has 34 heavy (non-hydrogen) atoms. The molecule has 0 saturated heterocycles. The number of carbonyl (C=O) groups excluding carboxylic acids is 1. The summed E-state index contributed by atoms with van der Waals surface area (Å²) in [7, 11) is 0. The first kappa shape index (κ1) is 27.0. The van der Waals surface area contributed by atoms with Gasteiger partial charge >= 0.3 is 0 Å². The molecular weight excluding hydrogens is 418 g/mol. The Bertz CT molecular complexity index is 838. The monoisotopic (exact) mass is 467 g/mol. The van der Waals surface area contributed by atoms with Gasteiger partial charge in [-0.05, 0) is 98.2 Å². The maximum atomic E-state index is 12.8. The van der Waals surface area contributed by atoms with E-state index in [0.29, 0.717) is 29.9 Å². The Morgan fingerprint density at radius 1 is 1.06 bits per heavy atom. The summed E-state index contributed by atoms with van der Waals surface area (Å²) in [4.78, 5) is 12.8. The average Bonchev–Trinajstić information content (AvgIpc) is 3.45. The van der Waals surface area contributed by atoms with Gasteiger partial charge in [-0.15, -0.1) is 0 Å². The van der Waals surface area contributed by atoms with E-state index < -0.39 is 0 Å². The van der Waals surface area contributed by atoms with Crippen molar-refractivity contribution in [2.75, 3.05) is 0 Å². The summed E-state index contributed by atoms with van der Waals surface area (Å²) in [6.07, 6.45) is 16.5.